The Morgan fingerprint density at radius 2 is 1.81 bits per heavy atom. The van der Waals surface area contributed by atoms with Crippen molar-refractivity contribution in [3.05, 3.63) is 59.9 Å². The molecule has 1 amide bonds. The van der Waals surface area contributed by atoms with Gasteiger partial charge in [-0.1, -0.05) is 12.1 Å². The lowest BCUT2D eigenvalue weighted by atomic mass is 10.2. The third kappa shape index (κ3) is 4.76. The zero-order valence-corrected chi connectivity index (χ0v) is 12.2. The standard InChI is InChI=1S/C16H15ClFNO2/c1-11(17)16(20)19-14-6-2-12(3-7-14)10-21-15-8-4-13(18)5-9-15/h2-9,11H,10H2,1H3,(H,19,20). The molecule has 2 rings (SSSR count). The maximum atomic E-state index is 12.8. The minimum atomic E-state index is -0.577. The van der Waals surface area contributed by atoms with Gasteiger partial charge in [-0.15, -0.1) is 11.6 Å². The van der Waals surface area contributed by atoms with Crippen molar-refractivity contribution in [2.45, 2.75) is 18.9 Å². The van der Waals surface area contributed by atoms with Crippen molar-refractivity contribution in [3.63, 3.8) is 0 Å². The van der Waals surface area contributed by atoms with E-state index < -0.39 is 5.38 Å². The highest BCUT2D eigenvalue weighted by atomic mass is 35.5. The Morgan fingerprint density at radius 3 is 2.38 bits per heavy atom. The number of nitrogens with one attached hydrogen (secondary N) is 1. The predicted molar refractivity (Wildman–Crippen MR) is 81.1 cm³/mol. The SMILES string of the molecule is CC(Cl)C(=O)Nc1ccc(COc2ccc(F)cc2)cc1. The summed E-state index contributed by atoms with van der Waals surface area (Å²) in [5.74, 6) is 0.0627. The Kier molecular flexibility index (Phi) is 5.17. The van der Waals surface area contributed by atoms with Crippen LogP contribution in [0.25, 0.3) is 0 Å². The first-order valence-electron chi connectivity index (χ1n) is 6.47. The quantitative estimate of drug-likeness (QED) is 0.849. The normalized spacial score (nSPS) is 11.8. The lowest BCUT2D eigenvalue weighted by Crippen LogP contribution is -2.20. The molecule has 3 nitrogen and oxygen atoms in total. The molecule has 0 bridgehead atoms. The van der Waals surface area contributed by atoms with Gasteiger partial charge in [0.05, 0.1) is 0 Å². The molecule has 0 heterocycles. The maximum Gasteiger partial charge on any atom is 0.242 e. The Balaban J connectivity index is 1.90. The van der Waals surface area contributed by atoms with E-state index in [0.29, 0.717) is 18.0 Å². The van der Waals surface area contributed by atoms with E-state index in [-0.39, 0.29) is 11.7 Å². The Labute approximate surface area is 127 Å². The van der Waals surface area contributed by atoms with Gasteiger partial charge >= 0.3 is 0 Å². The second-order valence-corrected chi connectivity index (χ2v) is 5.20. The van der Waals surface area contributed by atoms with E-state index >= 15 is 0 Å². The number of hydrogen-bond donors (Lipinski definition) is 1. The minimum absolute atomic E-state index is 0.244. The van der Waals surface area contributed by atoms with Crippen LogP contribution in [-0.4, -0.2) is 11.3 Å². The van der Waals surface area contributed by atoms with Crippen molar-refractivity contribution in [1.82, 2.24) is 0 Å². The molecule has 1 unspecified atom stereocenters. The van der Waals surface area contributed by atoms with E-state index in [4.69, 9.17) is 16.3 Å². The van der Waals surface area contributed by atoms with Crippen LogP contribution < -0.4 is 10.1 Å². The molecule has 0 aromatic heterocycles. The predicted octanol–water partition coefficient (Wildman–Crippen LogP) is 3.97. The van der Waals surface area contributed by atoms with Crippen LogP contribution in [0.3, 0.4) is 0 Å². The van der Waals surface area contributed by atoms with Gasteiger partial charge in [0, 0.05) is 5.69 Å². The van der Waals surface area contributed by atoms with Crippen molar-refractivity contribution >= 4 is 23.2 Å². The van der Waals surface area contributed by atoms with Crippen LogP contribution in [0, 0.1) is 5.82 Å². The number of carbonyl (C=O) groups excluding carboxylic acids is 1. The highest BCUT2D eigenvalue weighted by molar-refractivity contribution is 6.32. The van der Waals surface area contributed by atoms with Crippen molar-refractivity contribution in [3.8, 4) is 5.75 Å². The molecule has 0 aliphatic heterocycles. The third-order valence-corrected chi connectivity index (χ3v) is 3.00. The molecule has 1 N–H and O–H groups in total. The van der Waals surface area contributed by atoms with Crippen molar-refractivity contribution in [2.24, 2.45) is 0 Å². The van der Waals surface area contributed by atoms with Crippen LogP contribution in [0.1, 0.15) is 12.5 Å². The first-order valence-corrected chi connectivity index (χ1v) is 6.90. The fourth-order valence-corrected chi connectivity index (χ4v) is 1.68. The molecule has 0 saturated carbocycles. The molecular weight excluding hydrogens is 293 g/mol. The summed E-state index contributed by atoms with van der Waals surface area (Å²) in [6.45, 7) is 1.98. The van der Waals surface area contributed by atoms with Crippen molar-refractivity contribution in [2.75, 3.05) is 5.32 Å². The molecule has 110 valence electrons. The number of carbonyl (C=O) groups is 1. The van der Waals surface area contributed by atoms with Gasteiger partial charge in [0.1, 0.15) is 23.6 Å². The van der Waals surface area contributed by atoms with Crippen molar-refractivity contribution < 1.29 is 13.9 Å². The lowest BCUT2D eigenvalue weighted by molar-refractivity contribution is -0.115. The largest absolute Gasteiger partial charge is 0.489 e. The van der Waals surface area contributed by atoms with Gasteiger partial charge in [-0.3, -0.25) is 4.79 Å². The zero-order valence-electron chi connectivity index (χ0n) is 11.5. The molecule has 5 heteroatoms. The number of alkyl halides is 1. The van der Waals surface area contributed by atoms with Crippen LogP contribution >= 0.6 is 11.6 Å². The summed E-state index contributed by atoms with van der Waals surface area (Å²) in [5.41, 5.74) is 1.62. The summed E-state index contributed by atoms with van der Waals surface area (Å²) < 4.78 is 18.3. The number of halogens is 2. The van der Waals surface area contributed by atoms with Crippen molar-refractivity contribution in [1.29, 1.82) is 0 Å². The molecule has 2 aromatic rings. The van der Waals surface area contributed by atoms with Crippen LogP contribution in [-0.2, 0) is 11.4 Å². The Bertz CT molecular complexity index is 597. The Morgan fingerprint density at radius 1 is 1.19 bits per heavy atom. The van der Waals surface area contributed by atoms with E-state index in [9.17, 15) is 9.18 Å². The molecular formula is C16H15ClFNO2. The summed E-state index contributed by atoms with van der Waals surface area (Å²) in [6, 6.07) is 13.1. The highest BCUT2D eigenvalue weighted by Crippen LogP contribution is 2.15. The number of benzene rings is 2. The van der Waals surface area contributed by atoms with E-state index in [2.05, 4.69) is 5.32 Å². The average molecular weight is 308 g/mol. The summed E-state index contributed by atoms with van der Waals surface area (Å²) in [6.07, 6.45) is 0. The van der Waals surface area contributed by atoms with E-state index in [1.165, 1.54) is 12.1 Å². The third-order valence-electron chi connectivity index (χ3n) is 2.80. The van der Waals surface area contributed by atoms with Gasteiger partial charge in [-0.2, -0.15) is 0 Å². The highest BCUT2D eigenvalue weighted by Gasteiger charge is 2.08. The molecule has 0 aliphatic carbocycles. The maximum absolute atomic E-state index is 12.8. The summed E-state index contributed by atoms with van der Waals surface area (Å²) >= 11 is 5.68. The minimum Gasteiger partial charge on any atom is -0.489 e. The molecule has 21 heavy (non-hydrogen) atoms. The van der Waals surface area contributed by atoms with Crippen LogP contribution in [0.2, 0.25) is 0 Å². The second-order valence-electron chi connectivity index (χ2n) is 4.54. The van der Waals surface area contributed by atoms with Crippen LogP contribution in [0.5, 0.6) is 5.75 Å². The molecule has 0 spiro atoms. The van der Waals surface area contributed by atoms with Crippen LogP contribution in [0.4, 0.5) is 10.1 Å². The first-order chi connectivity index (χ1) is 10.0. The van der Waals surface area contributed by atoms with E-state index in [1.54, 1.807) is 31.2 Å². The second kappa shape index (κ2) is 7.09. The smallest absolute Gasteiger partial charge is 0.242 e. The van der Waals surface area contributed by atoms with Gasteiger partial charge in [0.2, 0.25) is 5.91 Å². The van der Waals surface area contributed by atoms with Gasteiger partial charge in [0.25, 0.3) is 0 Å². The molecule has 2 aromatic carbocycles. The molecule has 1 atom stereocenters. The topological polar surface area (TPSA) is 38.3 Å². The molecule has 0 saturated heterocycles. The van der Waals surface area contributed by atoms with Gasteiger partial charge < -0.3 is 10.1 Å². The fraction of sp³-hybridized carbons (Fsp3) is 0.188. The number of amides is 1. The monoisotopic (exact) mass is 307 g/mol. The number of anilines is 1. The molecule has 0 aliphatic rings. The number of rotatable bonds is 5. The van der Waals surface area contributed by atoms with E-state index in [1.807, 2.05) is 12.1 Å². The molecule has 0 fully saturated rings. The van der Waals surface area contributed by atoms with Gasteiger partial charge in [0.15, 0.2) is 0 Å². The number of hydrogen-bond acceptors (Lipinski definition) is 2. The van der Waals surface area contributed by atoms with Gasteiger partial charge in [-0.25, -0.2) is 4.39 Å². The van der Waals surface area contributed by atoms with Gasteiger partial charge in [-0.05, 0) is 48.9 Å². The summed E-state index contributed by atoms with van der Waals surface area (Å²) in [4.78, 5) is 11.4. The Hall–Kier alpha value is -2.07. The van der Waals surface area contributed by atoms with Crippen LogP contribution in [0.15, 0.2) is 48.5 Å². The lowest BCUT2D eigenvalue weighted by Gasteiger charge is -2.09. The average Bonchev–Trinajstić information content (AvgIpc) is 2.48. The fourth-order valence-electron chi connectivity index (χ4n) is 1.62. The summed E-state index contributed by atoms with van der Waals surface area (Å²) in [5, 5.41) is 2.12. The molecule has 0 radical (unpaired) electrons. The van der Waals surface area contributed by atoms with E-state index in [0.717, 1.165) is 5.56 Å². The first kappa shape index (κ1) is 15.3. The summed E-state index contributed by atoms with van der Waals surface area (Å²) in [7, 11) is 0. The zero-order chi connectivity index (χ0) is 15.2. The number of ether oxygens (including phenoxy) is 1.